The number of hydrogen-bond donors (Lipinski definition) is 1. The van der Waals surface area contributed by atoms with Crippen molar-refractivity contribution in [2.75, 3.05) is 5.32 Å². The Morgan fingerprint density at radius 3 is 2.40 bits per heavy atom. The van der Waals surface area contributed by atoms with Crippen LogP contribution in [0.2, 0.25) is 5.28 Å². The Bertz CT molecular complexity index is 620. The molecule has 20 heavy (non-hydrogen) atoms. The normalized spacial score (nSPS) is 19.9. The van der Waals surface area contributed by atoms with Gasteiger partial charge in [0.15, 0.2) is 0 Å². The van der Waals surface area contributed by atoms with Crippen molar-refractivity contribution in [1.82, 2.24) is 24.7 Å². The van der Waals surface area contributed by atoms with Gasteiger partial charge in [-0.25, -0.2) is 4.68 Å². The lowest BCUT2D eigenvalue weighted by molar-refractivity contribution is 0.457. The minimum absolute atomic E-state index is 0.157. The minimum Gasteiger partial charge on any atom is -0.350 e. The average molecular weight is 293 g/mol. The number of rotatable bonds is 3. The summed E-state index contributed by atoms with van der Waals surface area (Å²) in [7, 11) is 0. The Balaban J connectivity index is 1.89. The molecule has 2 aromatic rings. The van der Waals surface area contributed by atoms with E-state index in [1.165, 1.54) is 0 Å². The van der Waals surface area contributed by atoms with Gasteiger partial charge in [-0.15, -0.1) is 0 Å². The highest BCUT2D eigenvalue weighted by atomic mass is 35.5. The van der Waals surface area contributed by atoms with Gasteiger partial charge in [-0.2, -0.15) is 20.1 Å². The molecule has 0 unspecified atom stereocenters. The molecule has 0 amide bonds. The summed E-state index contributed by atoms with van der Waals surface area (Å²) in [4.78, 5) is 12.6. The summed E-state index contributed by atoms with van der Waals surface area (Å²) in [6.07, 6.45) is 3.43. The lowest BCUT2D eigenvalue weighted by Gasteiger charge is -2.08. The third-order valence-electron chi connectivity index (χ3n) is 4.60. The monoisotopic (exact) mass is 292 g/mol. The smallest absolute Gasteiger partial charge is 0.256 e. The zero-order chi connectivity index (χ0) is 14.5. The molecule has 0 spiro atoms. The maximum Gasteiger partial charge on any atom is 0.256 e. The van der Waals surface area contributed by atoms with Crippen molar-refractivity contribution >= 4 is 17.5 Å². The lowest BCUT2D eigenvalue weighted by Crippen LogP contribution is -2.15. The van der Waals surface area contributed by atoms with Gasteiger partial charge in [0.05, 0.1) is 0 Å². The van der Waals surface area contributed by atoms with Crippen molar-refractivity contribution in [3.05, 3.63) is 23.7 Å². The molecule has 2 aromatic heterocycles. The molecule has 1 aliphatic carbocycles. The number of aromatic nitrogens is 5. The maximum atomic E-state index is 5.97. The van der Waals surface area contributed by atoms with E-state index in [0.717, 1.165) is 0 Å². The SMILES string of the molecule is CC1(C)C(Nc2nc(Cl)nc(-n3cccn3)n2)C1(C)C. The summed E-state index contributed by atoms with van der Waals surface area (Å²) in [5.41, 5.74) is 0.385. The van der Waals surface area contributed by atoms with Gasteiger partial charge in [-0.1, -0.05) is 27.7 Å². The first-order valence-electron chi connectivity index (χ1n) is 6.50. The number of hydrogen-bond acceptors (Lipinski definition) is 5. The van der Waals surface area contributed by atoms with Crippen LogP contribution in [-0.4, -0.2) is 30.8 Å². The van der Waals surface area contributed by atoms with Crippen LogP contribution < -0.4 is 5.32 Å². The van der Waals surface area contributed by atoms with E-state index in [1.54, 1.807) is 23.1 Å². The van der Waals surface area contributed by atoms with E-state index >= 15 is 0 Å². The molecule has 0 saturated heterocycles. The Morgan fingerprint density at radius 1 is 1.15 bits per heavy atom. The van der Waals surface area contributed by atoms with Gasteiger partial charge in [0.25, 0.3) is 5.95 Å². The molecule has 0 radical (unpaired) electrons. The maximum absolute atomic E-state index is 5.97. The first kappa shape index (κ1) is 13.3. The lowest BCUT2D eigenvalue weighted by atomic mass is 10.0. The molecule has 106 valence electrons. The van der Waals surface area contributed by atoms with E-state index in [-0.39, 0.29) is 16.1 Å². The van der Waals surface area contributed by atoms with Gasteiger partial charge in [0.2, 0.25) is 11.2 Å². The van der Waals surface area contributed by atoms with E-state index in [0.29, 0.717) is 17.9 Å². The summed E-state index contributed by atoms with van der Waals surface area (Å²) in [6, 6.07) is 2.11. The van der Waals surface area contributed by atoms with Crippen LogP contribution in [0.4, 0.5) is 5.95 Å². The Labute approximate surface area is 122 Å². The van der Waals surface area contributed by atoms with Crippen LogP contribution in [0, 0.1) is 10.8 Å². The third-order valence-corrected chi connectivity index (χ3v) is 4.77. The van der Waals surface area contributed by atoms with Crippen molar-refractivity contribution in [3.63, 3.8) is 0 Å². The van der Waals surface area contributed by atoms with Gasteiger partial charge in [-0.3, -0.25) is 0 Å². The van der Waals surface area contributed by atoms with Gasteiger partial charge >= 0.3 is 0 Å². The summed E-state index contributed by atoms with van der Waals surface area (Å²) in [5.74, 6) is 0.896. The zero-order valence-corrected chi connectivity index (χ0v) is 12.7. The quantitative estimate of drug-likeness (QED) is 0.941. The van der Waals surface area contributed by atoms with E-state index in [9.17, 15) is 0 Å². The number of nitrogens with zero attached hydrogens (tertiary/aromatic N) is 5. The Hall–Kier alpha value is -1.69. The highest BCUT2D eigenvalue weighted by Gasteiger charge is 2.65. The van der Waals surface area contributed by atoms with E-state index in [4.69, 9.17) is 11.6 Å². The van der Waals surface area contributed by atoms with Crippen molar-refractivity contribution < 1.29 is 0 Å². The Kier molecular flexibility index (Phi) is 2.76. The number of anilines is 1. The largest absolute Gasteiger partial charge is 0.350 e. The zero-order valence-electron chi connectivity index (χ0n) is 11.9. The standard InChI is InChI=1S/C13H17ClN6/c1-12(2)8(13(12,3)4)16-10-17-9(14)18-11(19-10)20-7-5-6-15-20/h5-8H,1-4H3,(H,16,17,18,19). The van der Waals surface area contributed by atoms with Crippen LogP contribution in [0.1, 0.15) is 27.7 Å². The minimum atomic E-state index is 0.157. The van der Waals surface area contributed by atoms with Crippen molar-refractivity contribution in [2.45, 2.75) is 33.7 Å². The third kappa shape index (κ3) is 1.95. The van der Waals surface area contributed by atoms with Gasteiger partial charge in [-0.05, 0) is 28.5 Å². The molecule has 0 aromatic carbocycles. The Morgan fingerprint density at radius 2 is 1.85 bits per heavy atom. The first-order chi connectivity index (χ1) is 9.32. The highest BCUT2D eigenvalue weighted by Crippen LogP contribution is 2.63. The van der Waals surface area contributed by atoms with Crippen LogP contribution in [0.25, 0.3) is 5.95 Å². The fourth-order valence-electron chi connectivity index (χ4n) is 2.58. The molecule has 1 saturated carbocycles. The fraction of sp³-hybridized carbons (Fsp3) is 0.538. The van der Waals surface area contributed by atoms with E-state index < -0.39 is 0 Å². The van der Waals surface area contributed by atoms with Gasteiger partial charge in [0, 0.05) is 18.4 Å². The summed E-state index contributed by atoms with van der Waals surface area (Å²) < 4.78 is 1.56. The molecular formula is C13H17ClN6. The number of nitrogens with one attached hydrogen (secondary N) is 1. The molecule has 6 nitrogen and oxygen atoms in total. The molecule has 0 aliphatic heterocycles. The second kappa shape index (κ2) is 4.15. The molecule has 1 aliphatic rings. The molecule has 0 atom stereocenters. The highest BCUT2D eigenvalue weighted by molar-refractivity contribution is 6.28. The van der Waals surface area contributed by atoms with Gasteiger partial charge < -0.3 is 5.32 Å². The van der Waals surface area contributed by atoms with Crippen molar-refractivity contribution in [3.8, 4) is 5.95 Å². The molecular weight excluding hydrogens is 276 g/mol. The topological polar surface area (TPSA) is 68.5 Å². The number of halogens is 1. The predicted molar refractivity (Wildman–Crippen MR) is 76.9 cm³/mol. The van der Waals surface area contributed by atoms with Crippen LogP contribution >= 0.6 is 11.6 Å². The molecule has 3 rings (SSSR count). The molecule has 2 heterocycles. The molecule has 0 bridgehead atoms. The molecule has 1 N–H and O–H groups in total. The first-order valence-corrected chi connectivity index (χ1v) is 6.88. The summed E-state index contributed by atoms with van der Waals surface area (Å²) in [5, 5.41) is 7.61. The predicted octanol–water partition coefficient (Wildman–Crippen LogP) is 2.56. The van der Waals surface area contributed by atoms with Crippen molar-refractivity contribution in [1.29, 1.82) is 0 Å². The fourth-order valence-corrected chi connectivity index (χ4v) is 2.74. The van der Waals surface area contributed by atoms with Crippen LogP contribution in [-0.2, 0) is 0 Å². The molecule has 7 heteroatoms. The summed E-state index contributed by atoms with van der Waals surface area (Å²) >= 11 is 5.97. The van der Waals surface area contributed by atoms with Crippen molar-refractivity contribution in [2.24, 2.45) is 10.8 Å². The van der Waals surface area contributed by atoms with E-state index in [1.807, 2.05) is 0 Å². The van der Waals surface area contributed by atoms with Crippen LogP contribution in [0.3, 0.4) is 0 Å². The average Bonchev–Trinajstić information content (AvgIpc) is 2.81. The van der Waals surface area contributed by atoms with Crippen LogP contribution in [0.15, 0.2) is 18.5 Å². The second-order valence-corrected chi connectivity index (χ2v) is 6.54. The van der Waals surface area contributed by atoms with E-state index in [2.05, 4.69) is 53.1 Å². The molecule has 1 fully saturated rings. The van der Waals surface area contributed by atoms with Crippen LogP contribution in [0.5, 0.6) is 0 Å². The second-order valence-electron chi connectivity index (χ2n) is 6.20. The summed E-state index contributed by atoms with van der Waals surface area (Å²) in [6.45, 7) is 8.90. The van der Waals surface area contributed by atoms with Gasteiger partial charge in [0.1, 0.15) is 0 Å².